The van der Waals surface area contributed by atoms with E-state index in [4.69, 9.17) is 5.73 Å². The van der Waals surface area contributed by atoms with Crippen LogP contribution in [0.5, 0.6) is 0 Å². The summed E-state index contributed by atoms with van der Waals surface area (Å²) in [4.78, 5) is 11.4. The van der Waals surface area contributed by atoms with Gasteiger partial charge < -0.3 is 10.6 Å². The van der Waals surface area contributed by atoms with Gasteiger partial charge in [-0.3, -0.25) is 0 Å². The highest BCUT2D eigenvalue weighted by Crippen LogP contribution is 2.17. The lowest BCUT2D eigenvalue weighted by molar-refractivity contribution is 0.567. The summed E-state index contributed by atoms with van der Waals surface area (Å²) in [6, 6.07) is 2.06. The summed E-state index contributed by atoms with van der Waals surface area (Å²) in [5.74, 6) is 1.72. The molecule has 0 aliphatic heterocycles. The van der Waals surface area contributed by atoms with Crippen molar-refractivity contribution in [2.75, 3.05) is 24.5 Å². The molecule has 1 unspecified atom stereocenters. The molecule has 0 saturated carbocycles. The molecular weight excluding hydrogens is 224 g/mol. The summed E-state index contributed by atoms with van der Waals surface area (Å²) in [7, 11) is 0. The zero-order valence-electron chi connectivity index (χ0n) is 12.3. The first-order valence-corrected chi connectivity index (χ1v) is 6.78. The number of aromatic nitrogens is 2. The van der Waals surface area contributed by atoms with Crippen molar-refractivity contribution >= 4 is 5.95 Å². The molecule has 0 fully saturated rings. The summed E-state index contributed by atoms with van der Waals surface area (Å²) < 4.78 is 0. The Hall–Kier alpha value is -1.16. The first-order chi connectivity index (χ1) is 8.47. The van der Waals surface area contributed by atoms with Crippen LogP contribution >= 0.6 is 0 Å². The van der Waals surface area contributed by atoms with Crippen molar-refractivity contribution < 1.29 is 0 Å². The number of nitrogens with zero attached hydrogens (tertiary/aromatic N) is 3. The minimum absolute atomic E-state index is 0.427. The van der Waals surface area contributed by atoms with Crippen molar-refractivity contribution in [1.29, 1.82) is 0 Å². The molecule has 1 rings (SSSR count). The quantitative estimate of drug-likeness (QED) is 0.842. The van der Waals surface area contributed by atoms with Gasteiger partial charge in [-0.15, -0.1) is 0 Å². The lowest BCUT2D eigenvalue weighted by atomic mass is 10.1. The van der Waals surface area contributed by atoms with E-state index >= 15 is 0 Å². The molecule has 0 bridgehead atoms. The zero-order chi connectivity index (χ0) is 13.7. The van der Waals surface area contributed by atoms with Crippen LogP contribution in [0, 0.1) is 12.8 Å². The van der Waals surface area contributed by atoms with Gasteiger partial charge in [0.15, 0.2) is 0 Å². The molecule has 1 aromatic heterocycles. The van der Waals surface area contributed by atoms with Crippen LogP contribution in [0.3, 0.4) is 0 Å². The molecule has 1 aromatic rings. The van der Waals surface area contributed by atoms with Gasteiger partial charge in [0.05, 0.1) is 0 Å². The monoisotopic (exact) mass is 250 g/mol. The number of nitrogens with two attached hydrogens (primary N) is 1. The van der Waals surface area contributed by atoms with Crippen LogP contribution in [-0.4, -0.2) is 29.6 Å². The van der Waals surface area contributed by atoms with E-state index in [0.717, 1.165) is 30.4 Å². The van der Waals surface area contributed by atoms with Crippen LogP contribution in [0.1, 0.15) is 45.0 Å². The third kappa shape index (κ3) is 3.95. The smallest absolute Gasteiger partial charge is 0.225 e. The largest absolute Gasteiger partial charge is 0.341 e. The van der Waals surface area contributed by atoms with Gasteiger partial charge in [0.2, 0.25) is 5.95 Å². The third-order valence-electron chi connectivity index (χ3n) is 3.05. The van der Waals surface area contributed by atoms with Gasteiger partial charge in [-0.25, -0.2) is 9.97 Å². The molecule has 18 heavy (non-hydrogen) atoms. The normalized spacial score (nSPS) is 12.8. The van der Waals surface area contributed by atoms with Crippen LogP contribution < -0.4 is 10.6 Å². The third-order valence-corrected chi connectivity index (χ3v) is 3.05. The molecule has 0 spiro atoms. The number of hydrogen-bond acceptors (Lipinski definition) is 4. The molecule has 0 saturated heterocycles. The van der Waals surface area contributed by atoms with Crippen LogP contribution in [-0.2, 0) is 0 Å². The Balaban J connectivity index is 2.98. The van der Waals surface area contributed by atoms with E-state index in [0.29, 0.717) is 18.4 Å². The Morgan fingerprint density at radius 3 is 2.44 bits per heavy atom. The molecule has 2 N–H and O–H groups in total. The van der Waals surface area contributed by atoms with E-state index < -0.39 is 0 Å². The Labute approximate surface area is 111 Å². The SMILES string of the molecule is CCN(CC(C)CN)c1nc(C)cc(C(C)C)n1. The predicted octanol–water partition coefficient (Wildman–Crippen LogP) is 2.33. The van der Waals surface area contributed by atoms with E-state index in [9.17, 15) is 0 Å². The van der Waals surface area contributed by atoms with Crippen molar-refractivity contribution in [2.24, 2.45) is 11.7 Å². The highest BCUT2D eigenvalue weighted by atomic mass is 15.2. The summed E-state index contributed by atoms with van der Waals surface area (Å²) in [5.41, 5.74) is 7.83. The maximum Gasteiger partial charge on any atom is 0.225 e. The molecule has 0 radical (unpaired) electrons. The molecule has 4 heteroatoms. The van der Waals surface area contributed by atoms with Gasteiger partial charge in [0, 0.05) is 24.5 Å². The summed E-state index contributed by atoms with van der Waals surface area (Å²) >= 11 is 0. The molecular formula is C14H26N4. The Morgan fingerprint density at radius 2 is 1.94 bits per heavy atom. The van der Waals surface area contributed by atoms with Gasteiger partial charge in [-0.2, -0.15) is 0 Å². The average molecular weight is 250 g/mol. The fraction of sp³-hybridized carbons (Fsp3) is 0.714. The van der Waals surface area contributed by atoms with Crippen molar-refractivity contribution in [3.8, 4) is 0 Å². The second kappa shape index (κ2) is 6.69. The highest BCUT2D eigenvalue weighted by molar-refractivity contribution is 5.33. The van der Waals surface area contributed by atoms with Gasteiger partial charge in [0.1, 0.15) is 0 Å². The van der Waals surface area contributed by atoms with E-state index in [1.54, 1.807) is 0 Å². The van der Waals surface area contributed by atoms with E-state index in [1.807, 2.05) is 6.92 Å². The average Bonchev–Trinajstić information content (AvgIpc) is 2.34. The van der Waals surface area contributed by atoms with Crippen molar-refractivity contribution in [1.82, 2.24) is 9.97 Å². The minimum Gasteiger partial charge on any atom is -0.341 e. The van der Waals surface area contributed by atoms with Crippen molar-refractivity contribution in [3.63, 3.8) is 0 Å². The van der Waals surface area contributed by atoms with Crippen molar-refractivity contribution in [3.05, 3.63) is 17.5 Å². The van der Waals surface area contributed by atoms with E-state index in [2.05, 4.69) is 48.6 Å². The Bertz CT molecular complexity index is 376. The number of rotatable bonds is 6. The van der Waals surface area contributed by atoms with Crippen LogP contribution in [0.2, 0.25) is 0 Å². The van der Waals surface area contributed by atoms with E-state index in [1.165, 1.54) is 0 Å². The molecule has 1 atom stereocenters. The fourth-order valence-corrected chi connectivity index (χ4v) is 1.82. The van der Waals surface area contributed by atoms with Crippen LogP contribution in [0.4, 0.5) is 5.95 Å². The van der Waals surface area contributed by atoms with Crippen molar-refractivity contribution in [2.45, 2.75) is 40.5 Å². The summed E-state index contributed by atoms with van der Waals surface area (Å²) in [5, 5.41) is 0. The standard InChI is InChI=1S/C14H26N4/c1-6-18(9-11(4)8-15)14-16-12(5)7-13(17-14)10(2)3/h7,10-11H,6,8-9,15H2,1-5H3. The second-order valence-electron chi connectivity index (χ2n) is 5.27. The molecule has 0 aliphatic rings. The van der Waals surface area contributed by atoms with Gasteiger partial charge >= 0.3 is 0 Å². The van der Waals surface area contributed by atoms with Gasteiger partial charge in [-0.1, -0.05) is 20.8 Å². The van der Waals surface area contributed by atoms with Crippen LogP contribution in [0.25, 0.3) is 0 Å². The topological polar surface area (TPSA) is 55.0 Å². The van der Waals surface area contributed by atoms with Crippen LogP contribution in [0.15, 0.2) is 6.07 Å². The lowest BCUT2D eigenvalue weighted by Crippen LogP contribution is -2.33. The maximum absolute atomic E-state index is 5.69. The first kappa shape index (κ1) is 14.9. The molecule has 0 amide bonds. The minimum atomic E-state index is 0.427. The molecule has 0 aliphatic carbocycles. The highest BCUT2D eigenvalue weighted by Gasteiger charge is 2.13. The Kier molecular flexibility index (Phi) is 5.54. The number of hydrogen-bond donors (Lipinski definition) is 1. The lowest BCUT2D eigenvalue weighted by Gasteiger charge is -2.25. The van der Waals surface area contributed by atoms with Gasteiger partial charge in [-0.05, 0) is 38.3 Å². The number of aryl methyl sites for hydroxylation is 1. The summed E-state index contributed by atoms with van der Waals surface area (Å²) in [6.45, 7) is 13.1. The maximum atomic E-state index is 5.69. The zero-order valence-corrected chi connectivity index (χ0v) is 12.3. The molecule has 102 valence electrons. The van der Waals surface area contributed by atoms with Gasteiger partial charge in [0.25, 0.3) is 0 Å². The summed E-state index contributed by atoms with van der Waals surface area (Å²) in [6.07, 6.45) is 0. The molecule has 4 nitrogen and oxygen atoms in total. The first-order valence-electron chi connectivity index (χ1n) is 6.78. The second-order valence-corrected chi connectivity index (χ2v) is 5.27. The number of anilines is 1. The molecule has 1 heterocycles. The predicted molar refractivity (Wildman–Crippen MR) is 77.0 cm³/mol. The van der Waals surface area contributed by atoms with E-state index in [-0.39, 0.29) is 0 Å². The molecule has 0 aromatic carbocycles. The fourth-order valence-electron chi connectivity index (χ4n) is 1.82. The Morgan fingerprint density at radius 1 is 1.28 bits per heavy atom.